The highest BCUT2D eigenvalue weighted by Crippen LogP contribution is 2.39. The van der Waals surface area contributed by atoms with Gasteiger partial charge in [0.05, 0.1) is 11.4 Å². The minimum atomic E-state index is 0.336. The van der Waals surface area contributed by atoms with Crippen LogP contribution in [0.25, 0.3) is 5.69 Å². The Bertz CT molecular complexity index is 587. The van der Waals surface area contributed by atoms with Crippen LogP contribution in [-0.2, 0) is 0 Å². The van der Waals surface area contributed by atoms with Crippen LogP contribution >= 0.6 is 15.9 Å². The summed E-state index contributed by atoms with van der Waals surface area (Å²) >= 11 is 3.65. The first-order valence-corrected chi connectivity index (χ1v) is 7.51. The average Bonchev–Trinajstić information content (AvgIpc) is 3.15. The third kappa shape index (κ3) is 2.60. The molecule has 19 heavy (non-hydrogen) atoms. The van der Waals surface area contributed by atoms with E-state index in [0.29, 0.717) is 12.0 Å². The van der Waals surface area contributed by atoms with Gasteiger partial charge in [0.1, 0.15) is 0 Å². The normalized spacial score (nSPS) is 16.6. The van der Waals surface area contributed by atoms with Gasteiger partial charge in [-0.2, -0.15) is 5.10 Å². The van der Waals surface area contributed by atoms with Crippen molar-refractivity contribution in [1.29, 1.82) is 0 Å². The van der Waals surface area contributed by atoms with Crippen LogP contribution in [0.15, 0.2) is 34.9 Å². The van der Waals surface area contributed by atoms with E-state index in [1.54, 1.807) is 0 Å². The summed E-state index contributed by atoms with van der Waals surface area (Å²) in [5.41, 5.74) is 3.59. The Morgan fingerprint density at radius 1 is 1.37 bits per heavy atom. The lowest BCUT2D eigenvalue weighted by Crippen LogP contribution is -2.13. The Labute approximate surface area is 122 Å². The number of aromatic nitrogens is 2. The van der Waals surface area contributed by atoms with Gasteiger partial charge in [-0.25, -0.2) is 4.68 Å². The molecule has 4 heteroatoms. The van der Waals surface area contributed by atoms with E-state index in [1.165, 1.54) is 24.1 Å². The molecule has 0 radical (unpaired) electrons. The molecule has 0 aliphatic heterocycles. The van der Waals surface area contributed by atoms with Crippen molar-refractivity contribution >= 4 is 15.9 Å². The topological polar surface area (TPSA) is 29.9 Å². The molecule has 1 fully saturated rings. The van der Waals surface area contributed by atoms with E-state index in [9.17, 15) is 0 Å². The molecule has 1 aromatic heterocycles. The molecule has 1 aliphatic carbocycles. The van der Waals surface area contributed by atoms with E-state index in [1.807, 2.05) is 11.7 Å². The summed E-state index contributed by atoms with van der Waals surface area (Å²) in [6.45, 7) is 2.15. The molecule has 3 rings (SSSR count). The van der Waals surface area contributed by atoms with Gasteiger partial charge in [-0.1, -0.05) is 22.0 Å². The van der Waals surface area contributed by atoms with E-state index in [2.05, 4.69) is 63.7 Å². The highest BCUT2D eigenvalue weighted by Gasteiger charge is 2.25. The van der Waals surface area contributed by atoms with Crippen molar-refractivity contribution in [1.82, 2.24) is 15.1 Å². The molecule has 1 N–H and O–H groups in total. The lowest BCUT2D eigenvalue weighted by Gasteiger charge is -2.13. The van der Waals surface area contributed by atoms with E-state index in [4.69, 9.17) is 0 Å². The largest absolute Gasteiger partial charge is 0.313 e. The predicted octanol–water partition coefficient (Wildman–Crippen LogP) is 3.79. The lowest BCUT2D eigenvalue weighted by molar-refractivity contribution is 0.649. The molecule has 0 saturated heterocycles. The molecule has 3 nitrogen and oxygen atoms in total. The zero-order valence-corrected chi connectivity index (χ0v) is 12.8. The fourth-order valence-electron chi connectivity index (χ4n) is 2.24. The Hall–Kier alpha value is -1.13. The number of nitrogens with zero attached hydrogens (tertiary/aromatic N) is 2. The summed E-state index contributed by atoms with van der Waals surface area (Å²) in [5.74, 6) is 0.702. The molecule has 0 amide bonds. The molecular formula is C15H18BrN3. The monoisotopic (exact) mass is 319 g/mol. The zero-order valence-electron chi connectivity index (χ0n) is 11.2. The second-order valence-electron chi connectivity index (χ2n) is 5.18. The van der Waals surface area contributed by atoms with E-state index < -0.39 is 0 Å². The summed E-state index contributed by atoms with van der Waals surface area (Å²) < 4.78 is 3.09. The first-order chi connectivity index (χ1) is 9.19. The van der Waals surface area contributed by atoms with Crippen molar-refractivity contribution < 1.29 is 0 Å². The van der Waals surface area contributed by atoms with E-state index >= 15 is 0 Å². The highest BCUT2D eigenvalue weighted by atomic mass is 79.9. The van der Waals surface area contributed by atoms with Crippen molar-refractivity contribution in [3.63, 3.8) is 0 Å². The van der Waals surface area contributed by atoms with Crippen LogP contribution in [0.1, 0.15) is 43.0 Å². The fraction of sp³-hybridized carbons (Fsp3) is 0.400. The van der Waals surface area contributed by atoms with Crippen LogP contribution in [0.3, 0.4) is 0 Å². The average molecular weight is 320 g/mol. The maximum atomic E-state index is 4.66. The maximum Gasteiger partial charge on any atom is 0.0659 e. The van der Waals surface area contributed by atoms with E-state index in [0.717, 1.165) is 10.2 Å². The standard InChI is InChI=1S/C15H18BrN3/c1-10(17-2)13-6-5-12(9-14(13)16)19-8-7-15(18-19)11-3-4-11/h5-11,17H,3-4H2,1-2H3. The molecule has 100 valence electrons. The first-order valence-electron chi connectivity index (χ1n) is 6.71. The van der Waals surface area contributed by atoms with Gasteiger partial charge in [0.2, 0.25) is 0 Å². The molecule has 1 saturated carbocycles. The third-order valence-electron chi connectivity index (χ3n) is 3.75. The number of rotatable bonds is 4. The molecule has 0 spiro atoms. The Balaban J connectivity index is 1.89. The number of nitrogens with one attached hydrogen (secondary N) is 1. The molecule has 1 aromatic carbocycles. The summed E-state index contributed by atoms with van der Waals surface area (Å²) in [4.78, 5) is 0. The van der Waals surface area contributed by atoms with Crippen LogP contribution in [0, 0.1) is 0 Å². The van der Waals surface area contributed by atoms with Crippen molar-refractivity contribution in [2.24, 2.45) is 0 Å². The van der Waals surface area contributed by atoms with Gasteiger partial charge >= 0.3 is 0 Å². The molecule has 0 bridgehead atoms. The van der Waals surface area contributed by atoms with E-state index in [-0.39, 0.29) is 0 Å². The molecule has 1 atom stereocenters. The van der Waals surface area contributed by atoms with Crippen LogP contribution in [0.4, 0.5) is 0 Å². The first kappa shape index (κ1) is 12.9. The SMILES string of the molecule is CNC(C)c1ccc(-n2ccc(C3CC3)n2)cc1Br. The fourth-order valence-corrected chi connectivity index (χ4v) is 2.95. The quantitative estimate of drug-likeness (QED) is 0.929. The van der Waals surface area contributed by atoms with Gasteiger partial charge in [-0.3, -0.25) is 0 Å². The molecule has 2 aromatic rings. The minimum Gasteiger partial charge on any atom is -0.313 e. The molecular weight excluding hydrogens is 302 g/mol. The van der Waals surface area contributed by atoms with Crippen molar-refractivity contribution in [2.75, 3.05) is 7.05 Å². The van der Waals surface area contributed by atoms with Gasteiger partial charge in [0, 0.05) is 22.6 Å². The Kier molecular flexibility index (Phi) is 3.46. The predicted molar refractivity (Wildman–Crippen MR) is 80.7 cm³/mol. The number of hydrogen-bond donors (Lipinski definition) is 1. The van der Waals surface area contributed by atoms with Crippen molar-refractivity contribution in [3.05, 3.63) is 46.2 Å². The Morgan fingerprint density at radius 3 is 2.79 bits per heavy atom. The van der Waals surface area contributed by atoms with Crippen LogP contribution < -0.4 is 5.32 Å². The number of halogens is 1. The smallest absolute Gasteiger partial charge is 0.0659 e. The number of hydrogen-bond acceptors (Lipinski definition) is 2. The van der Waals surface area contributed by atoms with Crippen molar-refractivity contribution in [2.45, 2.75) is 31.7 Å². The molecule has 1 aliphatic rings. The van der Waals surface area contributed by atoms with Crippen LogP contribution in [-0.4, -0.2) is 16.8 Å². The summed E-state index contributed by atoms with van der Waals surface area (Å²) in [6.07, 6.45) is 4.63. The zero-order chi connectivity index (χ0) is 13.4. The van der Waals surface area contributed by atoms with Crippen LogP contribution in [0.5, 0.6) is 0 Å². The van der Waals surface area contributed by atoms with Gasteiger partial charge < -0.3 is 5.32 Å². The van der Waals surface area contributed by atoms with Crippen molar-refractivity contribution in [3.8, 4) is 5.69 Å². The number of benzene rings is 1. The lowest BCUT2D eigenvalue weighted by atomic mass is 10.1. The third-order valence-corrected chi connectivity index (χ3v) is 4.44. The summed E-state index contributed by atoms with van der Waals surface area (Å²) in [5, 5.41) is 7.91. The molecule has 1 heterocycles. The summed E-state index contributed by atoms with van der Waals surface area (Å²) in [6, 6.07) is 8.88. The maximum absolute atomic E-state index is 4.66. The minimum absolute atomic E-state index is 0.336. The van der Waals surface area contributed by atoms with Gasteiger partial charge in [0.25, 0.3) is 0 Å². The van der Waals surface area contributed by atoms with Gasteiger partial charge in [-0.15, -0.1) is 0 Å². The highest BCUT2D eigenvalue weighted by molar-refractivity contribution is 9.10. The second-order valence-corrected chi connectivity index (χ2v) is 6.03. The second kappa shape index (κ2) is 5.10. The summed E-state index contributed by atoms with van der Waals surface area (Å²) in [7, 11) is 1.97. The Morgan fingerprint density at radius 2 is 2.16 bits per heavy atom. The van der Waals surface area contributed by atoms with Crippen LogP contribution in [0.2, 0.25) is 0 Å². The molecule has 1 unspecified atom stereocenters. The van der Waals surface area contributed by atoms with Gasteiger partial charge in [0.15, 0.2) is 0 Å². The van der Waals surface area contributed by atoms with Gasteiger partial charge in [-0.05, 0) is 50.6 Å².